The summed E-state index contributed by atoms with van der Waals surface area (Å²) in [4.78, 5) is 12.0. The minimum atomic E-state index is -0.0555. The van der Waals surface area contributed by atoms with Crippen molar-refractivity contribution in [1.29, 1.82) is 0 Å². The molecule has 1 heterocycles. The van der Waals surface area contributed by atoms with Crippen LogP contribution in [0.1, 0.15) is 18.3 Å². The van der Waals surface area contributed by atoms with E-state index in [1.54, 1.807) is 6.08 Å². The van der Waals surface area contributed by atoms with Gasteiger partial charge in [-0.05, 0) is 19.1 Å². The molecule has 6 heteroatoms. The summed E-state index contributed by atoms with van der Waals surface area (Å²) in [6.45, 7) is 8.44. The summed E-state index contributed by atoms with van der Waals surface area (Å²) < 4.78 is 1.98. The first-order valence-electron chi connectivity index (χ1n) is 7.16. The monoisotopic (exact) mass is 316 g/mol. The molecular weight excluding hydrogens is 296 g/mol. The maximum Gasteiger partial charge on any atom is 0.234 e. The van der Waals surface area contributed by atoms with Crippen LogP contribution in [-0.2, 0) is 17.8 Å². The minimum absolute atomic E-state index is 0.0555. The van der Waals surface area contributed by atoms with Crippen molar-refractivity contribution in [3.63, 3.8) is 0 Å². The fourth-order valence-corrected chi connectivity index (χ4v) is 2.73. The summed E-state index contributed by atoms with van der Waals surface area (Å²) in [6.07, 6.45) is 2.61. The van der Waals surface area contributed by atoms with E-state index in [1.165, 1.54) is 11.8 Å². The van der Waals surface area contributed by atoms with E-state index in [1.807, 2.05) is 42.7 Å². The number of benzene rings is 1. The Labute approximate surface area is 134 Å². The molecule has 0 atom stereocenters. The Morgan fingerprint density at radius 3 is 2.73 bits per heavy atom. The molecule has 2 aromatic rings. The molecule has 0 spiro atoms. The van der Waals surface area contributed by atoms with E-state index in [4.69, 9.17) is 0 Å². The lowest BCUT2D eigenvalue weighted by Gasteiger charge is -2.07. The lowest BCUT2D eigenvalue weighted by molar-refractivity contribution is -0.113. The van der Waals surface area contributed by atoms with Gasteiger partial charge in [0.25, 0.3) is 0 Å². The summed E-state index contributed by atoms with van der Waals surface area (Å²) in [7, 11) is 0. The molecule has 0 fully saturated rings. The Hall–Kier alpha value is -2.08. The summed E-state index contributed by atoms with van der Waals surface area (Å²) in [5.74, 6) is 1.15. The van der Waals surface area contributed by atoms with Crippen molar-refractivity contribution in [2.45, 2.75) is 32.0 Å². The molecule has 1 aromatic carbocycles. The van der Waals surface area contributed by atoms with Crippen molar-refractivity contribution in [2.24, 2.45) is 0 Å². The van der Waals surface area contributed by atoms with Gasteiger partial charge >= 0.3 is 0 Å². The number of thioether (sulfide) groups is 1. The molecule has 0 aliphatic rings. The molecule has 0 aliphatic carbocycles. The van der Waals surface area contributed by atoms with Crippen LogP contribution in [0.3, 0.4) is 0 Å². The quantitative estimate of drug-likeness (QED) is 0.630. The van der Waals surface area contributed by atoms with Crippen molar-refractivity contribution in [1.82, 2.24) is 14.8 Å². The van der Waals surface area contributed by atoms with Crippen molar-refractivity contribution < 1.29 is 4.79 Å². The highest BCUT2D eigenvalue weighted by Gasteiger charge is 2.12. The number of hydrogen-bond donors (Lipinski definition) is 1. The van der Waals surface area contributed by atoms with Crippen molar-refractivity contribution in [2.75, 3.05) is 11.1 Å². The third-order valence-electron chi connectivity index (χ3n) is 3.09. The second-order valence-corrected chi connectivity index (χ2v) is 5.80. The van der Waals surface area contributed by atoms with Crippen LogP contribution in [0, 0.1) is 6.92 Å². The zero-order valence-corrected chi connectivity index (χ0v) is 13.7. The predicted octanol–water partition coefficient (Wildman–Crippen LogP) is 3.07. The van der Waals surface area contributed by atoms with E-state index < -0.39 is 0 Å². The van der Waals surface area contributed by atoms with Gasteiger partial charge in [-0.1, -0.05) is 42.5 Å². The first kappa shape index (κ1) is 16.3. The second kappa shape index (κ2) is 7.79. The average Bonchev–Trinajstić information content (AvgIpc) is 2.90. The first-order chi connectivity index (χ1) is 10.6. The SMILES string of the molecule is C=CCn1c(CC)nnc1SCC(=O)Nc1ccc(C)cc1. The van der Waals surface area contributed by atoms with Crippen LogP contribution in [0.2, 0.25) is 0 Å². The van der Waals surface area contributed by atoms with Gasteiger partial charge in [0.1, 0.15) is 5.82 Å². The van der Waals surface area contributed by atoms with Gasteiger partial charge in [-0.25, -0.2) is 0 Å². The standard InChI is InChI=1S/C16H20N4OS/c1-4-10-20-14(5-2)18-19-16(20)22-11-15(21)17-13-8-6-12(3)7-9-13/h4,6-9H,1,5,10-11H2,2-3H3,(H,17,21). The number of allylic oxidation sites excluding steroid dienone is 1. The van der Waals surface area contributed by atoms with Crippen molar-refractivity contribution in [3.05, 3.63) is 48.3 Å². The van der Waals surface area contributed by atoms with E-state index >= 15 is 0 Å². The molecule has 2 rings (SSSR count). The number of nitrogens with one attached hydrogen (secondary N) is 1. The summed E-state index contributed by atoms with van der Waals surface area (Å²) >= 11 is 1.38. The smallest absolute Gasteiger partial charge is 0.234 e. The van der Waals surface area contributed by atoms with E-state index in [9.17, 15) is 4.79 Å². The molecule has 0 bridgehead atoms. The molecule has 0 saturated heterocycles. The first-order valence-corrected chi connectivity index (χ1v) is 8.15. The number of hydrogen-bond acceptors (Lipinski definition) is 4. The third-order valence-corrected chi connectivity index (χ3v) is 4.06. The number of carbonyl (C=O) groups excluding carboxylic acids is 1. The maximum atomic E-state index is 12.0. The number of aromatic nitrogens is 3. The average molecular weight is 316 g/mol. The van der Waals surface area contributed by atoms with Crippen molar-refractivity contribution >= 4 is 23.4 Å². The number of amides is 1. The predicted molar refractivity (Wildman–Crippen MR) is 90.1 cm³/mol. The normalized spacial score (nSPS) is 10.5. The van der Waals surface area contributed by atoms with Crippen LogP contribution in [0.15, 0.2) is 42.1 Å². The Morgan fingerprint density at radius 1 is 1.36 bits per heavy atom. The lowest BCUT2D eigenvalue weighted by Crippen LogP contribution is -2.14. The van der Waals surface area contributed by atoms with Gasteiger partial charge in [-0.2, -0.15) is 0 Å². The van der Waals surface area contributed by atoms with Gasteiger partial charge in [0.2, 0.25) is 5.91 Å². The molecule has 1 amide bonds. The van der Waals surface area contributed by atoms with Gasteiger partial charge in [0.15, 0.2) is 5.16 Å². The van der Waals surface area contributed by atoms with Gasteiger partial charge in [-0.3, -0.25) is 4.79 Å². The minimum Gasteiger partial charge on any atom is -0.325 e. The third kappa shape index (κ3) is 4.21. The second-order valence-electron chi connectivity index (χ2n) is 4.85. The Kier molecular flexibility index (Phi) is 5.77. The summed E-state index contributed by atoms with van der Waals surface area (Å²) in [5, 5.41) is 11.9. The Bertz CT molecular complexity index is 649. The molecule has 1 aromatic heterocycles. The van der Waals surface area contributed by atoms with Gasteiger partial charge in [0.05, 0.1) is 5.75 Å². The number of rotatable bonds is 7. The summed E-state index contributed by atoms with van der Waals surface area (Å²) in [6, 6.07) is 7.73. The molecule has 0 unspecified atom stereocenters. The zero-order chi connectivity index (χ0) is 15.9. The molecule has 22 heavy (non-hydrogen) atoms. The van der Waals surface area contributed by atoms with Crippen LogP contribution in [-0.4, -0.2) is 26.4 Å². The molecule has 1 N–H and O–H groups in total. The van der Waals surface area contributed by atoms with E-state index in [-0.39, 0.29) is 5.91 Å². The topological polar surface area (TPSA) is 59.8 Å². The van der Waals surface area contributed by atoms with Gasteiger partial charge in [0, 0.05) is 18.7 Å². The molecule has 5 nitrogen and oxygen atoms in total. The highest BCUT2D eigenvalue weighted by molar-refractivity contribution is 7.99. The van der Waals surface area contributed by atoms with Crippen LogP contribution in [0.5, 0.6) is 0 Å². The fourth-order valence-electron chi connectivity index (χ4n) is 1.96. The van der Waals surface area contributed by atoms with E-state index in [0.717, 1.165) is 28.7 Å². The number of aryl methyl sites for hydroxylation is 2. The molecule has 0 aliphatic heterocycles. The fraction of sp³-hybridized carbons (Fsp3) is 0.312. The van der Waals surface area contributed by atoms with Gasteiger partial charge in [-0.15, -0.1) is 16.8 Å². The van der Waals surface area contributed by atoms with E-state index in [2.05, 4.69) is 22.1 Å². The van der Waals surface area contributed by atoms with E-state index in [0.29, 0.717) is 12.3 Å². The lowest BCUT2D eigenvalue weighted by atomic mass is 10.2. The Balaban J connectivity index is 1.94. The van der Waals surface area contributed by atoms with Gasteiger partial charge < -0.3 is 9.88 Å². The number of nitrogens with zero attached hydrogens (tertiary/aromatic N) is 3. The van der Waals surface area contributed by atoms with Crippen LogP contribution in [0.4, 0.5) is 5.69 Å². The molecule has 0 radical (unpaired) electrons. The Morgan fingerprint density at radius 2 is 2.09 bits per heavy atom. The highest BCUT2D eigenvalue weighted by atomic mass is 32.2. The largest absolute Gasteiger partial charge is 0.325 e. The van der Waals surface area contributed by atoms with Crippen LogP contribution in [0.25, 0.3) is 0 Å². The summed E-state index contributed by atoms with van der Waals surface area (Å²) in [5.41, 5.74) is 1.97. The molecular formula is C16H20N4OS. The van der Waals surface area contributed by atoms with Crippen molar-refractivity contribution in [3.8, 4) is 0 Å². The number of carbonyl (C=O) groups is 1. The van der Waals surface area contributed by atoms with Crippen LogP contribution < -0.4 is 5.32 Å². The highest BCUT2D eigenvalue weighted by Crippen LogP contribution is 2.18. The molecule has 0 saturated carbocycles. The molecule has 116 valence electrons. The number of anilines is 1. The zero-order valence-electron chi connectivity index (χ0n) is 12.9. The maximum absolute atomic E-state index is 12.0. The van der Waals surface area contributed by atoms with Crippen LogP contribution >= 0.6 is 11.8 Å².